The number of rotatable bonds is 8. The van der Waals surface area contributed by atoms with E-state index in [4.69, 9.17) is 10.2 Å². The van der Waals surface area contributed by atoms with Crippen LogP contribution in [0.5, 0.6) is 0 Å². The van der Waals surface area contributed by atoms with Gasteiger partial charge in [0.25, 0.3) is 0 Å². The van der Waals surface area contributed by atoms with Crippen molar-refractivity contribution in [1.82, 2.24) is 4.72 Å². The van der Waals surface area contributed by atoms with E-state index >= 15 is 0 Å². The Hall–Kier alpha value is -1.93. The fraction of sp³-hybridized carbons (Fsp3) is 0.333. The third-order valence-electron chi connectivity index (χ3n) is 2.47. The molecule has 8 heteroatoms. The van der Waals surface area contributed by atoms with Gasteiger partial charge in [-0.2, -0.15) is 0 Å². The Balaban J connectivity index is 2.71. The molecule has 0 saturated carbocycles. The zero-order chi connectivity index (χ0) is 15.2. The van der Waals surface area contributed by atoms with Crippen molar-refractivity contribution in [2.75, 3.05) is 0 Å². The van der Waals surface area contributed by atoms with E-state index in [0.29, 0.717) is 5.56 Å². The zero-order valence-electron chi connectivity index (χ0n) is 10.5. The fourth-order valence-corrected chi connectivity index (χ4v) is 2.92. The average molecular weight is 301 g/mol. The first-order chi connectivity index (χ1) is 9.30. The first-order valence-electron chi connectivity index (χ1n) is 5.78. The molecular formula is C12H15NO6S. The second-order valence-electron chi connectivity index (χ2n) is 4.19. The van der Waals surface area contributed by atoms with Crippen LogP contribution in [-0.4, -0.2) is 36.6 Å². The summed E-state index contributed by atoms with van der Waals surface area (Å²) in [6.07, 6.45) is -0.733. The van der Waals surface area contributed by atoms with Crippen molar-refractivity contribution in [3.63, 3.8) is 0 Å². The van der Waals surface area contributed by atoms with E-state index in [2.05, 4.69) is 0 Å². The Morgan fingerprint density at radius 1 is 1.15 bits per heavy atom. The lowest BCUT2D eigenvalue weighted by atomic mass is 10.2. The van der Waals surface area contributed by atoms with Crippen molar-refractivity contribution >= 4 is 22.0 Å². The summed E-state index contributed by atoms with van der Waals surface area (Å²) in [4.78, 5) is 21.3. The summed E-state index contributed by atoms with van der Waals surface area (Å²) in [6.45, 7) is 0. The van der Waals surface area contributed by atoms with Gasteiger partial charge in [-0.15, -0.1) is 0 Å². The fourth-order valence-electron chi connectivity index (χ4n) is 1.55. The molecule has 1 atom stereocenters. The molecule has 0 aliphatic heterocycles. The van der Waals surface area contributed by atoms with E-state index in [9.17, 15) is 18.0 Å². The zero-order valence-corrected chi connectivity index (χ0v) is 11.3. The van der Waals surface area contributed by atoms with Crippen molar-refractivity contribution in [2.24, 2.45) is 0 Å². The van der Waals surface area contributed by atoms with E-state index in [0.717, 1.165) is 0 Å². The minimum Gasteiger partial charge on any atom is -0.481 e. The molecule has 0 heterocycles. The first kappa shape index (κ1) is 16.1. The molecule has 0 unspecified atom stereocenters. The molecule has 0 aliphatic carbocycles. The van der Waals surface area contributed by atoms with Crippen LogP contribution in [0.1, 0.15) is 18.4 Å². The highest BCUT2D eigenvalue weighted by Gasteiger charge is 2.24. The minimum atomic E-state index is -3.85. The second kappa shape index (κ2) is 7.01. The van der Waals surface area contributed by atoms with E-state index in [1.807, 2.05) is 4.72 Å². The van der Waals surface area contributed by atoms with Crippen LogP contribution in [0.3, 0.4) is 0 Å². The van der Waals surface area contributed by atoms with Gasteiger partial charge in [0, 0.05) is 6.42 Å². The number of carboxylic acids is 2. The molecule has 1 aromatic carbocycles. The lowest BCUT2D eigenvalue weighted by Crippen LogP contribution is -2.41. The van der Waals surface area contributed by atoms with Crippen molar-refractivity contribution in [1.29, 1.82) is 0 Å². The van der Waals surface area contributed by atoms with Crippen LogP contribution in [0.15, 0.2) is 30.3 Å². The molecule has 3 N–H and O–H groups in total. The van der Waals surface area contributed by atoms with Crippen LogP contribution in [0.2, 0.25) is 0 Å². The molecule has 0 aromatic heterocycles. The van der Waals surface area contributed by atoms with Gasteiger partial charge in [0.15, 0.2) is 0 Å². The molecule has 1 rings (SSSR count). The maximum absolute atomic E-state index is 11.8. The third kappa shape index (κ3) is 5.81. The molecular weight excluding hydrogens is 286 g/mol. The van der Waals surface area contributed by atoms with Gasteiger partial charge in [0.1, 0.15) is 6.04 Å². The highest BCUT2D eigenvalue weighted by atomic mass is 32.2. The quantitative estimate of drug-likeness (QED) is 0.640. The number of carboxylic acid groups (broad SMARTS) is 2. The summed E-state index contributed by atoms with van der Waals surface area (Å²) < 4.78 is 25.7. The molecule has 0 spiro atoms. The van der Waals surface area contributed by atoms with Crippen molar-refractivity contribution in [3.05, 3.63) is 35.9 Å². The number of hydrogen-bond donors (Lipinski definition) is 3. The molecule has 0 amide bonds. The highest BCUT2D eigenvalue weighted by molar-refractivity contribution is 7.88. The normalized spacial score (nSPS) is 12.8. The predicted octanol–water partition coefficient (Wildman–Crippen LogP) is 0.424. The maximum Gasteiger partial charge on any atom is 0.321 e. The van der Waals surface area contributed by atoms with Gasteiger partial charge in [0.05, 0.1) is 5.75 Å². The Morgan fingerprint density at radius 2 is 1.75 bits per heavy atom. The second-order valence-corrected chi connectivity index (χ2v) is 5.94. The number of sulfonamides is 1. The van der Waals surface area contributed by atoms with E-state index < -0.39 is 34.4 Å². The molecule has 0 fully saturated rings. The first-order valence-corrected chi connectivity index (χ1v) is 7.44. The standard InChI is InChI=1S/C12H15NO6S/c14-11(15)7-6-10(12(16)17)13-20(18,19)8-9-4-2-1-3-5-9/h1-5,10,13H,6-8H2,(H,14,15)(H,16,17)/t10-/m0/s1. The number of nitrogens with one attached hydrogen (secondary N) is 1. The van der Waals surface area contributed by atoms with E-state index in [-0.39, 0.29) is 12.2 Å². The summed E-state index contributed by atoms with van der Waals surface area (Å²) in [5.74, 6) is -2.94. The monoisotopic (exact) mass is 301 g/mol. The Morgan fingerprint density at radius 3 is 2.25 bits per heavy atom. The van der Waals surface area contributed by atoms with Gasteiger partial charge in [-0.1, -0.05) is 30.3 Å². The molecule has 110 valence electrons. The molecule has 1 aromatic rings. The number of aliphatic carboxylic acids is 2. The lowest BCUT2D eigenvalue weighted by Gasteiger charge is -2.13. The Bertz CT molecular complexity index is 569. The smallest absolute Gasteiger partial charge is 0.321 e. The van der Waals surface area contributed by atoms with Crippen LogP contribution < -0.4 is 4.72 Å². The highest BCUT2D eigenvalue weighted by Crippen LogP contribution is 2.07. The summed E-state index contributed by atoms with van der Waals surface area (Å²) in [5.41, 5.74) is 0.516. The molecule has 0 bridgehead atoms. The SMILES string of the molecule is O=C(O)CC[C@H](NS(=O)(=O)Cc1ccccc1)C(=O)O. The number of benzene rings is 1. The van der Waals surface area contributed by atoms with Crippen LogP contribution in [-0.2, 0) is 25.4 Å². The van der Waals surface area contributed by atoms with E-state index in [1.165, 1.54) is 0 Å². The Labute approximate surface area is 116 Å². The number of carbonyl (C=O) groups is 2. The maximum atomic E-state index is 11.8. The van der Waals surface area contributed by atoms with Crippen LogP contribution >= 0.6 is 0 Å². The van der Waals surface area contributed by atoms with Crippen molar-refractivity contribution < 1.29 is 28.2 Å². The largest absolute Gasteiger partial charge is 0.481 e. The summed E-state index contributed by atoms with van der Waals surface area (Å²) in [5, 5.41) is 17.4. The lowest BCUT2D eigenvalue weighted by molar-refractivity contribution is -0.140. The summed E-state index contributed by atoms with van der Waals surface area (Å²) in [6, 6.07) is 6.84. The molecule has 20 heavy (non-hydrogen) atoms. The van der Waals surface area contributed by atoms with Gasteiger partial charge >= 0.3 is 11.9 Å². The summed E-state index contributed by atoms with van der Waals surface area (Å²) >= 11 is 0. The van der Waals surface area contributed by atoms with Gasteiger partial charge in [0.2, 0.25) is 10.0 Å². The van der Waals surface area contributed by atoms with Crippen LogP contribution in [0, 0.1) is 0 Å². The van der Waals surface area contributed by atoms with Gasteiger partial charge < -0.3 is 10.2 Å². The van der Waals surface area contributed by atoms with E-state index in [1.54, 1.807) is 30.3 Å². The number of hydrogen-bond acceptors (Lipinski definition) is 4. The average Bonchev–Trinajstić information content (AvgIpc) is 2.34. The van der Waals surface area contributed by atoms with Crippen LogP contribution in [0.25, 0.3) is 0 Å². The molecule has 0 saturated heterocycles. The predicted molar refractivity (Wildman–Crippen MR) is 70.5 cm³/mol. The van der Waals surface area contributed by atoms with Gasteiger partial charge in [-0.3, -0.25) is 9.59 Å². The van der Waals surface area contributed by atoms with Gasteiger partial charge in [-0.25, -0.2) is 13.1 Å². The summed E-state index contributed by atoms with van der Waals surface area (Å²) in [7, 11) is -3.85. The van der Waals surface area contributed by atoms with Gasteiger partial charge in [-0.05, 0) is 12.0 Å². The van der Waals surface area contributed by atoms with Crippen LogP contribution in [0.4, 0.5) is 0 Å². The van der Waals surface area contributed by atoms with Crippen molar-refractivity contribution in [3.8, 4) is 0 Å². The third-order valence-corrected chi connectivity index (χ3v) is 3.82. The molecule has 7 nitrogen and oxygen atoms in total. The minimum absolute atomic E-state index is 0.307. The Kier molecular flexibility index (Phi) is 5.66. The topological polar surface area (TPSA) is 121 Å². The molecule has 0 aliphatic rings. The van der Waals surface area contributed by atoms with Crippen molar-refractivity contribution in [2.45, 2.75) is 24.6 Å². The molecule has 0 radical (unpaired) electrons.